The van der Waals surface area contributed by atoms with Crippen molar-refractivity contribution in [1.29, 1.82) is 0 Å². The lowest BCUT2D eigenvalue weighted by atomic mass is 9.98. The van der Waals surface area contributed by atoms with Crippen LogP contribution in [0.25, 0.3) is 0 Å². The van der Waals surface area contributed by atoms with Gasteiger partial charge in [0.15, 0.2) is 11.9 Å². The summed E-state index contributed by atoms with van der Waals surface area (Å²) in [6.45, 7) is 1.28. The molecule has 96 valence electrons. The molecule has 0 heterocycles. The SMILES string of the molecule is CC(=O)C(Cl)c1ccc(C(O)C(=O)O)cc1C=O. The molecule has 0 spiro atoms. The van der Waals surface area contributed by atoms with Crippen LogP contribution in [-0.4, -0.2) is 28.3 Å². The quantitative estimate of drug-likeness (QED) is 0.625. The van der Waals surface area contributed by atoms with Gasteiger partial charge in [-0.15, -0.1) is 11.6 Å². The van der Waals surface area contributed by atoms with E-state index >= 15 is 0 Å². The summed E-state index contributed by atoms with van der Waals surface area (Å²) in [5.74, 6) is -1.75. The number of halogens is 1. The molecule has 0 aromatic heterocycles. The zero-order valence-corrected chi connectivity index (χ0v) is 10.2. The van der Waals surface area contributed by atoms with Gasteiger partial charge in [-0.05, 0) is 24.1 Å². The number of rotatable bonds is 5. The van der Waals surface area contributed by atoms with E-state index in [-0.39, 0.29) is 16.9 Å². The van der Waals surface area contributed by atoms with Gasteiger partial charge in [-0.25, -0.2) is 4.79 Å². The van der Waals surface area contributed by atoms with Crippen LogP contribution in [0.15, 0.2) is 18.2 Å². The van der Waals surface area contributed by atoms with Crippen LogP contribution in [-0.2, 0) is 9.59 Å². The monoisotopic (exact) mass is 270 g/mol. The Hall–Kier alpha value is -1.72. The minimum atomic E-state index is -1.72. The number of alkyl halides is 1. The van der Waals surface area contributed by atoms with Gasteiger partial charge in [0, 0.05) is 5.56 Å². The summed E-state index contributed by atoms with van der Waals surface area (Å²) in [5, 5.41) is 17.0. The Balaban J connectivity index is 3.23. The van der Waals surface area contributed by atoms with Gasteiger partial charge in [0.2, 0.25) is 0 Å². The normalized spacial score (nSPS) is 13.7. The Morgan fingerprint density at radius 2 is 2.00 bits per heavy atom. The van der Waals surface area contributed by atoms with Crippen molar-refractivity contribution < 1.29 is 24.6 Å². The summed E-state index contributed by atoms with van der Waals surface area (Å²) in [6.07, 6.45) is -1.25. The van der Waals surface area contributed by atoms with Gasteiger partial charge >= 0.3 is 5.97 Å². The average molecular weight is 271 g/mol. The second kappa shape index (κ2) is 5.75. The van der Waals surface area contributed by atoms with Crippen molar-refractivity contribution in [3.8, 4) is 0 Å². The van der Waals surface area contributed by atoms with Crippen molar-refractivity contribution >= 4 is 29.6 Å². The molecular weight excluding hydrogens is 260 g/mol. The van der Waals surface area contributed by atoms with Crippen molar-refractivity contribution in [2.45, 2.75) is 18.4 Å². The topological polar surface area (TPSA) is 91.7 Å². The molecule has 0 bridgehead atoms. The van der Waals surface area contributed by atoms with Gasteiger partial charge in [-0.3, -0.25) is 9.59 Å². The Kier molecular flexibility index (Phi) is 4.58. The number of aliphatic hydroxyl groups excluding tert-OH is 1. The van der Waals surface area contributed by atoms with Crippen LogP contribution >= 0.6 is 11.6 Å². The summed E-state index contributed by atoms with van der Waals surface area (Å²) in [5.41, 5.74) is 0.435. The number of aliphatic carboxylic acids is 1. The van der Waals surface area contributed by atoms with Gasteiger partial charge in [0.1, 0.15) is 11.7 Å². The van der Waals surface area contributed by atoms with E-state index in [9.17, 15) is 19.5 Å². The first-order valence-corrected chi connectivity index (χ1v) is 5.46. The highest BCUT2D eigenvalue weighted by molar-refractivity contribution is 6.31. The average Bonchev–Trinajstić information content (AvgIpc) is 2.35. The number of carbonyl (C=O) groups is 3. The smallest absolute Gasteiger partial charge is 0.337 e. The molecule has 1 aromatic rings. The van der Waals surface area contributed by atoms with Crippen LogP contribution in [0.1, 0.15) is 39.9 Å². The maximum absolute atomic E-state index is 11.1. The van der Waals surface area contributed by atoms with E-state index in [2.05, 4.69) is 0 Å². The fourth-order valence-corrected chi connectivity index (χ4v) is 1.66. The Labute approximate surface area is 108 Å². The summed E-state index contributed by atoms with van der Waals surface area (Å²) in [4.78, 5) is 32.7. The predicted molar refractivity (Wildman–Crippen MR) is 63.7 cm³/mol. The first-order chi connectivity index (χ1) is 8.38. The molecule has 5 nitrogen and oxygen atoms in total. The van der Waals surface area contributed by atoms with Crippen LogP contribution in [0.2, 0.25) is 0 Å². The van der Waals surface area contributed by atoms with E-state index in [0.717, 1.165) is 0 Å². The molecule has 0 aliphatic heterocycles. The molecule has 0 saturated carbocycles. The van der Waals surface area contributed by atoms with Crippen molar-refractivity contribution in [2.24, 2.45) is 0 Å². The molecule has 2 unspecified atom stereocenters. The first kappa shape index (κ1) is 14.3. The molecule has 18 heavy (non-hydrogen) atoms. The summed E-state index contributed by atoms with van der Waals surface area (Å²) >= 11 is 5.83. The van der Waals surface area contributed by atoms with Gasteiger partial charge in [0.05, 0.1) is 0 Å². The number of aldehydes is 1. The number of hydrogen-bond acceptors (Lipinski definition) is 4. The third kappa shape index (κ3) is 2.94. The molecule has 6 heteroatoms. The van der Waals surface area contributed by atoms with Gasteiger partial charge < -0.3 is 10.2 Å². The minimum Gasteiger partial charge on any atom is -0.479 e. The van der Waals surface area contributed by atoms with E-state index < -0.39 is 17.5 Å². The van der Waals surface area contributed by atoms with Crippen LogP contribution in [0.3, 0.4) is 0 Å². The van der Waals surface area contributed by atoms with Crippen molar-refractivity contribution in [3.05, 3.63) is 34.9 Å². The lowest BCUT2D eigenvalue weighted by Crippen LogP contribution is -2.12. The van der Waals surface area contributed by atoms with Crippen LogP contribution in [0.5, 0.6) is 0 Å². The van der Waals surface area contributed by atoms with E-state index in [0.29, 0.717) is 11.8 Å². The third-order valence-corrected chi connectivity index (χ3v) is 2.96. The molecule has 0 fully saturated rings. The predicted octanol–water partition coefficient (Wildman–Crippen LogP) is 1.49. The fraction of sp³-hybridized carbons (Fsp3) is 0.250. The summed E-state index contributed by atoms with van der Waals surface area (Å²) in [6, 6.07) is 3.89. The van der Waals surface area contributed by atoms with E-state index in [4.69, 9.17) is 16.7 Å². The first-order valence-electron chi connectivity index (χ1n) is 5.03. The molecule has 1 aromatic carbocycles. The lowest BCUT2D eigenvalue weighted by molar-refractivity contribution is -0.147. The zero-order valence-electron chi connectivity index (χ0n) is 9.46. The number of aliphatic hydroxyl groups is 1. The highest BCUT2D eigenvalue weighted by atomic mass is 35.5. The van der Waals surface area contributed by atoms with E-state index in [1.807, 2.05) is 0 Å². The van der Waals surface area contributed by atoms with Gasteiger partial charge in [-0.2, -0.15) is 0 Å². The van der Waals surface area contributed by atoms with Gasteiger partial charge in [0.25, 0.3) is 0 Å². The van der Waals surface area contributed by atoms with Crippen molar-refractivity contribution in [2.75, 3.05) is 0 Å². The molecule has 2 atom stereocenters. The fourth-order valence-electron chi connectivity index (χ4n) is 1.46. The van der Waals surface area contributed by atoms with Crippen LogP contribution in [0, 0.1) is 0 Å². The summed E-state index contributed by atoms with van der Waals surface area (Å²) in [7, 11) is 0. The minimum absolute atomic E-state index is 0.0563. The largest absolute Gasteiger partial charge is 0.479 e. The Bertz CT molecular complexity index is 497. The van der Waals surface area contributed by atoms with Crippen LogP contribution in [0.4, 0.5) is 0 Å². The second-order valence-corrected chi connectivity index (χ2v) is 4.16. The van der Waals surface area contributed by atoms with Crippen LogP contribution < -0.4 is 0 Å². The van der Waals surface area contributed by atoms with E-state index in [1.54, 1.807) is 0 Å². The molecule has 0 aliphatic carbocycles. The number of carbonyl (C=O) groups excluding carboxylic acids is 2. The Morgan fingerprint density at radius 3 is 2.44 bits per heavy atom. The number of ketones is 1. The molecule has 0 amide bonds. The number of carboxylic acids is 1. The van der Waals surface area contributed by atoms with Crippen molar-refractivity contribution in [1.82, 2.24) is 0 Å². The summed E-state index contributed by atoms with van der Waals surface area (Å²) < 4.78 is 0. The molecule has 0 radical (unpaired) electrons. The maximum Gasteiger partial charge on any atom is 0.337 e. The molecule has 1 rings (SSSR count). The van der Waals surface area contributed by atoms with Crippen molar-refractivity contribution in [3.63, 3.8) is 0 Å². The highest BCUT2D eigenvalue weighted by Gasteiger charge is 2.21. The molecule has 0 aliphatic rings. The van der Waals surface area contributed by atoms with Gasteiger partial charge in [-0.1, -0.05) is 12.1 Å². The number of benzene rings is 1. The second-order valence-electron chi connectivity index (χ2n) is 3.72. The third-order valence-electron chi connectivity index (χ3n) is 2.42. The Morgan fingerprint density at radius 1 is 1.39 bits per heavy atom. The molecular formula is C12H11ClO5. The maximum atomic E-state index is 11.1. The standard InChI is InChI=1S/C12H11ClO5/c1-6(15)10(13)9-3-2-7(4-8(9)5-14)11(16)12(17)18/h2-5,10-11,16H,1H3,(H,17,18). The lowest BCUT2D eigenvalue weighted by Gasteiger charge is -2.12. The zero-order chi connectivity index (χ0) is 13.9. The number of Topliss-reactive ketones (excluding diaryl/α,β-unsaturated/α-hetero) is 1. The number of hydrogen-bond donors (Lipinski definition) is 2. The number of carboxylic acid groups (broad SMARTS) is 1. The molecule has 2 N–H and O–H groups in total. The molecule has 0 saturated heterocycles. The van der Waals surface area contributed by atoms with E-state index in [1.165, 1.54) is 25.1 Å². The highest BCUT2D eigenvalue weighted by Crippen LogP contribution is 2.26.